The fourth-order valence-corrected chi connectivity index (χ4v) is 2.66. The van der Waals surface area contributed by atoms with E-state index < -0.39 is 0 Å². The predicted octanol–water partition coefficient (Wildman–Crippen LogP) is 1.50. The van der Waals surface area contributed by atoms with Gasteiger partial charge < -0.3 is 14.8 Å². The van der Waals surface area contributed by atoms with Gasteiger partial charge in [0.15, 0.2) is 0 Å². The van der Waals surface area contributed by atoms with Crippen molar-refractivity contribution in [2.45, 2.75) is 18.6 Å². The molecule has 0 aliphatic carbocycles. The molecule has 1 saturated heterocycles. The number of nitrogens with zero attached hydrogens (tertiary/aromatic N) is 2. The molecule has 110 valence electrons. The van der Waals surface area contributed by atoms with Gasteiger partial charge in [-0.05, 0) is 6.07 Å². The summed E-state index contributed by atoms with van der Waals surface area (Å²) < 4.78 is 11.3. The van der Waals surface area contributed by atoms with Gasteiger partial charge in [-0.15, -0.1) is 11.3 Å². The van der Waals surface area contributed by atoms with Gasteiger partial charge >= 0.3 is 0 Å². The van der Waals surface area contributed by atoms with E-state index in [4.69, 9.17) is 9.47 Å². The summed E-state index contributed by atoms with van der Waals surface area (Å²) in [6.07, 6.45) is 3.80. The summed E-state index contributed by atoms with van der Waals surface area (Å²) in [6, 6.07) is 5.31. The molecule has 0 bridgehead atoms. The molecule has 3 rings (SSSR count). The molecule has 0 unspecified atom stereocenters. The molecule has 21 heavy (non-hydrogen) atoms. The summed E-state index contributed by atoms with van der Waals surface area (Å²) in [7, 11) is 0. The molecule has 3 heterocycles. The summed E-state index contributed by atoms with van der Waals surface area (Å²) in [4.78, 5) is 20.7. The van der Waals surface area contributed by atoms with Crippen LogP contribution < -0.4 is 10.1 Å². The maximum absolute atomic E-state index is 12.1. The number of pyridine rings is 1. The highest BCUT2D eigenvalue weighted by Crippen LogP contribution is 2.16. The second kappa shape index (κ2) is 6.64. The van der Waals surface area contributed by atoms with Crippen LogP contribution in [0.25, 0.3) is 0 Å². The van der Waals surface area contributed by atoms with Crippen LogP contribution in [0, 0.1) is 0 Å². The molecule has 1 fully saturated rings. The van der Waals surface area contributed by atoms with Crippen molar-refractivity contribution in [1.29, 1.82) is 0 Å². The van der Waals surface area contributed by atoms with Crippen molar-refractivity contribution in [3.63, 3.8) is 0 Å². The zero-order valence-corrected chi connectivity index (χ0v) is 12.1. The van der Waals surface area contributed by atoms with E-state index in [1.165, 1.54) is 11.3 Å². The number of rotatable bonds is 4. The van der Waals surface area contributed by atoms with Crippen LogP contribution in [-0.4, -0.2) is 41.2 Å². The van der Waals surface area contributed by atoms with E-state index in [9.17, 15) is 4.79 Å². The van der Waals surface area contributed by atoms with E-state index in [0.29, 0.717) is 30.4 Å². The van der Waals surface area contributed by atoms with Gasteiger partial charge in [0, 0.05) is 18.7 Å². The maximum atomic E-state index is 12.1. The number of carbonyl (C=O) groups is 1. The first-order chi connectivity index (χ1) is 10.3. The number of ether oxygens (including phenoxy) is 2. The van der Waals surface area contributed by atoms with Crippen LogP contribution >= 0.6 is 11.3 Å². The Bertz CT molecular complexity index is 576. The van der Waals surface area contributed by atoms with Gasteiger partial charge in [-0.1, -0.05) is 6.07 Å². The number of amides is 1. The van der Waals surface area contributed by atoms with Crippen LogP contribution in [0.3, 0.4) is 0 Å². The highest BCUT2D eigenvalue weighted by Gasteiger charge is 2.29. The first kappa shape index (κ1) is 14.0. The summed E-state index contributed by atoms with van der Waals surface area (Å²) in [5.74, 6) is 0.407. The van der Waals surface area contributed by atoms with E-state index >= 15 is 0 Å². The van der Waals surface area contributed by atoms with Gasteiger partial charge in [0.2, 0.25) is 5.88 Å². The average molecular weight is 305 g/mol. The van der Waals surface area contributed by atoms with Crippen molar-refractivity contribution in [3.05, 3.63) is 41.0 Å². The third kappa shape index (κ3) is 3.56. The Labute approximate surface area is 126 Å². The highest BCUT2D eigenvalue weighted by molar-refractivity contribution is 7.11. The number of thiazole rings is 1. The minimum absolute atomic E-state index is 0.148. The average Bonchev–Trinajstić information content (AvgIpc) is 3.05. The van der Waals surface area contributed by atoms with Crippen molar-refractivity contribution in [2.24, 2.45) is 0 Å². The molecule has 2 atom stereocenters. The van der Waals surface area contributed by atoms with E-state index in [2.05, 4.69) is 15.3 Å². The Kier molecular flexibility index (Phi) is 4.42. The fraction of sp³-hybridized carbons (Fsp3) is 0.357. The van der Waals surface area contributed by atoms with Crippen molar-refractivity contribution in [3.8, 4) is 5.88 Å². The molecule has 2 aromatic rings. The molecule has 1 aliphatic rings. The quantitative estimate of drug-likeness (QED) is 0.927. The number of carbonyl (C=O) groups excluding carboxylic acids is 1. The first-order valence-electron chi connectivity index (χ1n) is 6.68. The van der Waals surface area contributed by atoms with Crippen LogP contribution in [0.15, 0.2) is 36.1 Å². The van der Waals surface area contributed by atoms with Gasteiger partial charge in [0.05, 0.1) is 31.0 Å². The smallest absolute Gasteiger partial charge is 0.263 e. The van der Waals surface area contributed by atoms with Gasteiger partial charge in [-0.25, -0.2) is 4.98 Å². The lowest BCUT2D eigenvalue weighted by molar-refractivity contribution is -0.00443. The van der Waals surface area contributed by atoms with E-state index in [1.807, 2.05) is 12.1 Å². The summed E-state index contributed by atoms with van der Waals surface area (Å²) in [5, 5.41) is 2.95. The number of aromatic nitrogens is 2. The standard InChI is InChI=1S/C14H15N3O3S/c18-14(12-7-15-9-21-12)17-10-8-19-6-4-11(10)20-13-3-1-2-5-16-13/h1-3,5,7,9-11H,4,6,8H2,(H,17,18)/t10-,11-/m1/s1. The number of hydrogen-bond donors (Lipinski definition) is 1. The lowest BCUT2D eigenvalue weighted by Crippen LogP contribution is -2.51. The van der Waals surface area contributed by atoms with Crippen molar-refractivity contribution < 1.29 is 14.3 Å². The zero-order chi connectivity index (χ0) is 14.5. The van der Waals surface area contributed by atoms with Gasteiger partial charge in [0.25, 0.3) is 5.91 Å². The summed E-state index contributed by atoms with van der Waals surface area (Å²) in [5.41, 5.74) is 1.63. The maximum Gasteiger partial charge on any atom is 0.263 e. The van der Waals surface area contributed by atoms with Crippen LogP contribution in [0.2, 0.25) is 0 Å². The molecule has 6 nitrogen and oxygen atoms in total. The summed E-state index contributed by atoms with van der Waals surface area (Å²) in [6.45, 7) is 1.05. The normalized spacial score (nSPS) is 21.7. The van der Waals surface area contributed by atoms with E-state index in [1.54, 1.807) is 24.0 Å². The molecular weight excluding hydrogens is 290 g/mol. The Morgan fingerprint density at radius 2 is 2.43 bits per heavy atom. The SMILES string of the molecule is O=C(N[C@@H]1COCC[C@H]1Oc1ccccn1)c1cncs1. The van der Waals surface area contributed by atoms with Gasteiger partial charge in [-0.2, -0.15) is 0 Å². The third-order valence-corrected chi connectivity index (χ3v) is 3.95. The van der Waals surface area contributed by atoms with Crippen LogP contribution in [-0.2, 0) is 4.74 Å². The van der Waals surface area contributed by atoms with E-state index in [0.717, 1.165) is 0 Å². The van der Waals surface area contributed by atoms with E-state index in [-0.39, 0.29) is 18.1 Å². The fourth-order valence-electron chi connectivity index (χ4n) is 2.13. The topological polar surface area (TPSA) is 73.3 Å². The molecule has 0 saturated carbocycles. The molecule has 0 radical (unpaired) electrons. The van der Waals surface area contributed by atoms with Crippen molar-refractivity contribution in [1.82, 2.24) is 15.3 Å². The van der Waals surface area contributed by atoms with Crippen molar-refractivity contribution >= 4 is 17.2 Å². The molecular formula is C14H15N3O3S. The highest BCUT2D eigenvalue weighted by atomic mass is 32.1. The summed E-state index contributed by atoms with van der Waals surface area (Å²) >= 11 is 1.31. The van der Waals surface area contributed by atoms with Gasteiger partial charge in [-0.3, -0.25) is 9.78 Å². The first-order valence-corrected chi connectivity index (χ1v) is 7.55. The lowest BCUT2D eigenvalue weighted by atomic mass is 10.1. The second-order valence-electron chi connectivity index (χ2n) is 4.63. The predicted molar refractivity (Wildman–Crippen MR) is 77.5 cm³/mol. The zero-order valence-electron chi connectivity index (χ0n) is 11.3. The third-order valence-electron chi connectivity index (χ3n) is 3.18. The van der Waals surface area contributed by atoms with Gasteiger partial charge in [0.1, 0.15) is 11.0 Å². The monoisotopic (exact) mass is 305 g/mol. The molecule has 0 spiro atoms. The molecule has 7 heteroatoms. The second-order valence-corrected chi connectivity index (χ2v) is 5.52. The van der Waals surface area contributed by atoms with Crippen LogP contribution in [0.4, 0.5) is 0 Å². The minimum Gasteiger partial charge on any atom is -0.472 e. The Morgan fingerprint density at radius 1 is 1.48 bits per heavy atom. The number of hydrogen-bond acceptors (Lipinski definition) is 6. The van der Waals surface area contributed by atoms with Crippen molar-refractivity contribution in [2.75, 3.05) is 13.2 Å². The van der Waals surface area contributed by atoms with Crippen LogP contribution in [0.5, 0.6) is 5.88 Å². The number of nitrogens with one attached hydrogen (secondary N) is 1. The Morgan fingerprint density at radius 3 is 3.19 bits per heavy atom. The largest absolute Gasteiger partial charge is 0.472 e. The molecule has 1 N–H and O–H groups in total. The molecule has 2 aromatic heterocycles. The van der Waals surface area contributed by atoms with Crippen LogP contribution in [0.1, 0.15) is 16.1 Å². The Hall–Kier alpha value is -1.99. The minimum atomic E-state index is -0.199. The molecule has 1 aliphatic heterocycles. The lowest BCUT2D eigenvalue weighted by Gasteiger charge is -2.31. The molecule has 1 amide bonds. The molecule has 0 aromatic carbocycles. The Balaban J connectivity index is 1.65.